The predicted molar refractivity (Wildman–Crippen MR) is 82.0 cm³/mol. The molecular formula is C17H21FN2O. The van der Waals surface area contributed by atoms with E-state index in [0.29, 0.717) is 23.7 Å². The van der Waals surface area contributed by atoms with E-state index in [1.165, 1.54) is 6.07 Å². The van der Waals surface area contributed by atoms with Gasteiger partial charge < -0.3 is 10.5 Å². The third-order valence-electron chi connectivity index (χ3n) is 3.23. The maximum atomic E-state index is 13.6. The molecule has 2 rings (SSSR count). The maximum absolute atomic E-state index is 13.6. The van der Waals surface area contributed by atoms with Crippen LogP contribution in [0.3, 0.4) is 0 Å². The van der Waals surface area contributed by atoms with E-state index >= 15 is 0 Å². The standard InChI is InChI=1S/C17H21FN2O/c1-11-5-6-13(9-14(11)18)21-16-8-12(10-19)7-15(20-16)17(2,3)4/h5-9H,10,19H2,1-4H3. The Labute approximate surface area is 125 Å². The molecule has 2 aromatic rings. The molecule has 112 valence electrons. The van der Waals surface area contributed by atoms with Gasteiger partial charge in [0.15, 0.2) is 0 Å². The summed E-state index contributed by atoms with van der Waals surface area (Å²) in [6, 6.07) is 8.53. The number of nitrogens with zero attached hydrogens (tertiary/aromatic N) is 1. The van der Waals surface area contributed by atoms with Crippen LogP contribution in [0.1, 0.15) is 37.6 Å². The lowest BCUT2D eigenvalue weighted by Gasteiger charge is -2.19. The second-order valence-electron chi connectivity index (χ2n) is 6.17. The largest absolute Gasteiger partial charge is 0.439 e. The van der Waals surface area contributed by atoms with Gasteiger partial charge in [0, 0.05) is 24.1 Å². The van der Waals surface area contributed by atoms with Crippen LogP contribution in [0.15, 0.2) is 30.3 Å². The van der Waals surface area contributed by atoms with Crippen molar-refractivity contribution in [1.29, 1.82) is 0 Å². The smallest absolute Gasteiger partial charge is 0.219 e. The summed E-state index contributed by atoms with van der Waals surface area (Å²) in [6.45, 7) is 8.34. The molecule has 0 spiro atoms. The number of halogens is 1. The number of nitrogens with two attached hydrogens (primary N) is 1. The van der Waals surface area contributed by atoms with Crippen molar-refractivity contribution in [1.82, 2.24) is 4.98 Å². The monoisotopic (exact) mass is 288 g/mol. The van der Waals surface area contributed by atoms with Gasteiger partial charge in [0.05, 0.1) is 5.69 Å². The van der Waals surface area contributed by atoms with Crippen LogP contribution in [0.4, 0.5) is 4.39 Å². The number of ether oxygens (including phenoxy) is 1. The van der Waals surface area contributed by atoms with E-state index in [4.69, 9.17) is 10.5 Å². The van der Waals surface area contributed by atoms with Crippen molar-refractivity contribution < 1.29 is 9.13 Å². The van der Waals surface area contributed by atoms with Gasteiger partial charge in [-0.2, -0.15) is 0 Å². The third-order valence-corrected chi connectivity index (χ3v) is 3.23. The van der Waals surface area contributed by atoms with Crippen LogP contribution in [-0.2, 0) is 12.0 Å². The van der Waals surface area contributed by atoms with Crippen molar-refractivity contribution in [3.05, 3.63) is 53.0 Å². The molecular weight excluding hydrogens is 267 g/mol. The Hall–Kier alpha value is -1.94. The van der Waals surface area contributed by atoms with E-state index in [1.807, 2.05) is 6.07 Å². The zero-order valence-corrected chi connectivity index (χ0v) is 12.9. The molecule has 0 saturated heterocycles. The molecule has 0 atom stereocenters. The molecule has 4 heteroatoms. The Morgan fingerprint density at radius 1 is 1.19 bits per heavy atom. The number of aromatic nitrogens is 1. The van der Waals surface area contributed by atoms with Crippen molar-refractivity contribution in [2.75, 3.05) is 0 Å². The molecule has 3 nitrogen and oxygen atoms in total. The van der Waals surface area contributed by atoms with Crippen molar-refractivity contribution >= 4 is 0 Å². The molecule has 0 saturated carbocycles. The number of rotatable bonds is 3. The van der Waals surface area contributed by atoms with Crippen LogP contribution in [-0.4, -0.2) is 4.98 Å². The van der Waals surface area contributed by atoms with E-state index in [0.717, 1.165) is 11.3 Å². The highest BCUT2D eigenvalue weighted by molar-refractivity contribution is 5.34. The number of aryl methyl sites for hydroxylation is 1. The molecule has 1 aromatic carbocycles. The number of hydrogen-bond acceptors (Lipinski definition) is 3. The molecule has 21 heavy (non-hydrogen) atoms. The highest BCUT2D eigenvalue weighted by Crippen LogP contribution is 2.27. The zero-order chi connectivity index (χ0) is 15.6. The van der Waals surface area contributed by atoms with Gasteiger partial charge >= 0.3 is 0 Å². The number of benzene rings is 1. The summed E-state index contributed by atoms with van der Waals surface area (Å²) in [4.78, 5) is 4.50. The first-order chi connectivity index (χ1) is 9.79. The summed E-state index contributed by atoms with van der Waals surface area (Å²) in [7, 11) is 0. The van der Waals surface area contributed by atoms with Gasteiger partial charge in [-0.3, -0.25) is 0 Å². The molecule has 0 aliphatic rings. The van der Waals surface area contributed by atoms with Gasteiger partial charge in [-0.05, 0) is 30.2 Å². The normalized spacial score (nSPS) is 11.5. The third kappa shape index (κ3) is 3.79. The minimum Gasteiger partial charge on any atom is -0.439 e. The molecule has 0 bridgehead atoms. The second-order valence-corrected chi connectivity index (χ2v) is 6.17. The molecule has 1 heterocycles. The molecule has 0 amide bonds. The minimum atomic E-state index is -0.293. The quantitative estimate of drug-likeness (QED) is 0.925. The lowest BCUT2D eigenvalue weighted by molar-refractivity contribution is 0.446. The molecule has 1 aromatic heterocycles. The topological polar surface area (TPSA) is 48.1 Å². The van der Waals surface area contributed by atoms with Crippen LogP contribution < -0.4 is 10.5 Å². The number of hydrogen-bond donors (Lipinski definition) is 1. The highest BCUT2D eigenvalue weighted by Gasteiger charge is 2.17. The van der Waals surface area contributed by atoms with E-state index in [1.54, 1.807) is 25.1 Å². The summed E-state index contributed by atoms with van der Waals surface area (Å²) < 4.78 is 19.3. The predicted octanol–water partition coefficient (Wildman–Crippen LogP) is 4.08. The van der Waals surface area contributed by atoms with Crippen molar-refractivity contribution in [2.24, 2.45) is 5.73 Å². The summed E-state index contributed by atoms with van der Waals surface area (Å²) >= 11 is 0. The first-order valence-electron chi connectivity index (χ1n) is 6.95. The Morgan fingerprint density at radius 2 is 1.90 bits per heavy atom. The van der Waals surface area contributed by atoms with Gasteiger partial charge in [-0.25, -0.2) is 9.37 Å². The van der Waals surface area contributed by atoms with Crippen molar-refractivity contribution in [3.8, 4) is 11.6 Å². The van der Waals surface area contributed by atoms with Crippen molar-refractivity contribution in [3.63, 3.8) is 0 Å². The lowest BCUT2D eigenvalue weighted by atomic mass is 9.91. The van der Waals surface area contributed by atoms with E-state index in [2.05, 4.69) is 25.8 Å². The average molecular weight is 288 g/mol. The fourth-order valence-corrected chi connectivity index (χ4v) is 1.87. The van der Waals surface area contributed by atoms with Gasteiger partial charge in [0.1, 0.15) is 11.6 Å². The lowest BCUT2D eigenvalue weighted by Crippen LogP contribution is -2.15. The molecule has 0 radical (unpaired) electrons. The number of pyridine rings is 1. The second kappa shape index (κ2) is 5.82. The van der Waals surface area contributed by atoms with Crippen molar-refractivity contribution in [2.45, 2.75) is 39.7 Å². The highest BCUT2D eigenvalue weighted by atomic mass is 19.1. The summed E-state index contributed by atoms with van der Waals surface area (Å²) in [5.41, 5.74) is 8.04. The molecule has 0 unspecified atom stereocenters. The van der Waals surface area contributed by atoms with Gasteiger partial charge in [-0.1, -0.05) is 26.8 Å². The van der Waals surface area contributed by atoms with Crippen LogP contribution in [0.5, 0.6) is 11.6 Å². The minimum absolute atomic E-state index is 0.109. The van der Waals surface area contributed by atoms with Crippen LogP contribution >= 0.6 is 0 Å². The van der Waals surface area contributed by atoms with E-state index in [9.17, 15) is 4.39 Å². The Morgan fingerprint density at radius 3 is 2.48 bits per heavy atom. The summed E-state index contributed by atoms with van der Waals surface area (Å²) in [6.07, 6.45) is 0. The molecule has 0 fully saturated rings. The zero-order valence-electron chi connectivity index (χ0n) is 12.9. The fourth-order valence-electron chi connectivity index (χ4n) is 1.87. The molecule has 2 N–H and O–H groups in total. The van der Waals surface area contributed by atoms with Crippen LogP contribution in [0, 0.1) is 12.7 Å². The van der Waals surface area contributed by atoms with Crippen LogP contribution in [0.2, 0.25) is 0 Å². The van der Waals surface area contributed by atoms with Crippen LogP contribution in [0.25, 0.3) is 0 Å². The summed E-state index contributed by atoms with van der Waals surface area (Å²) in [5, 5.41) is 0. The van der Waals surface area contributed by atoms with Gasteiger partial charge in [0.2, 0.25) is 5.88 Å². The van der Waals surface area contributed by atoms with Gasteiger partial charge in [0.25, 0.3) is 0 Å². The SMILES string of the molecule is Cc1ccc(Oc2cc(CN)cc(C(C)(C)C)n2)cc1F. The first-order valence-corrected chi connectivity index (χ1v) is 6.95. The van der Waals surface area contributed by atoms with E-state index in [-0.39, 0.29) is 11.2 Å². The average Bonchev–Trinajstić information content (AvgIpc) is 2.41. The Bertz CT molecular complexity index is 648. The first kappa shape index (κ1) is 15.4. The molecule has 0 aliphatic carbocycles. The summed E-state index contributed by atoms with van der Waals surface area (Å²) in [5.74, 6) is 0.573. The van der Waals surface area contributed by atoms with Gasteiger partial charge in [-0.15, -0.1) is 0 Å². The fraction of sp³-hybridized carbons (Fsp3) is 0.353. The Balaban J connectivity index is 2.36. The Kier molecular flexibility index (Phi) is 4.28. The molecule has 0 aliphatic heterocycles. The maximum Gasteiger partial charge on any atom is 0.219 e. The van der Waals surface area contributed by atoms with E-state index < -0.39 is 0 Å².